The monoisotopic (exact) mass is 485 g/mol. The summed E-state index contributed by atoms with van der Waals surface area (Å²) in [6.07, 6.45) is 2.37. The Hall–Kier alpha value is -1.69. The lowest BCUT2D eigenvalue weighted by Crippen LogP contribution is -2.53. The zero-order valence-corrected chi connectivity index (χ0v) is 20.0. The molecule has 1 amide bonds. The van der Waals surface area contributed by atoms with Gasteiger partial charge >= 0.3 is 0 Å². The van der Waals surface area contributed by atoms with Crippen LogP contribution in [0.4, 0.5) is 0 Å². The van der Waals surface area contributed by atoms with Crippen LogP contribution in [-0.2, 0) is 24.7 Å². The van der Waals surface area contributed by atoms with Gasteiger partial charge in [0.05, 0.1) is 29.6 Å². The molecule has 2 aliphatic heterocycles. The van der Waals surface area contributed by atoms with Crippen LogP contribution in [-0.4, -0.2) is 99.8 Å². The molecular weight excluding hydrogens is 454 g/mol. The first-order valence-corrected chi connectivity index (χ1v) is 14.4. The second-order valence-electron chi connectivity index (χ2n) is 8.67. The van der Waals surface area contributed by atoms with Crippen LogP contribution < -0.4 is 4.74 Å². The van der Waals surface area contributed by atoms with Gasteiger partial charge in [-0.1, -0.05) is 0 Å². The molecule has 2 saturated heterocycles. The van der Waals surface area contributed by atoms with Crippen LogP contribution in [0.5, 0.6) is 5.75 Å². The molecule has 3 aliphatic rings. The topological polar surface area (TPSA) is 104 Å². The van der Waals surface area contributed by atoms with E-state index in [0.29, 0.717) is 45.0 Å². The van der Waals surface area contributed by atoms with Gasteiger partial charge in [0.1, 0.15) is 5.75 Å². The van der Waals surface area contributed by atoms with Gasteiger partial charge in [-0.2, -0.15) is 4.31 Å². The summed E-state index contributed by atoms with van der Waals surface area (Å²) in [6, 6.07) is 6.35. The fourth-order valence-electron chi connectivity index (χ4n) is 4.48. The lowest BCUT2D eigenvalue weighted by Gasteiger charge is -2.36. The quantitative estimate of drug-likeness (QED) is 0.530. The summed E-state index contributed by atoms with van der Waals surface area (Å²) in [5, 5.41) is 0. The van der Waals surface area contributed by atoms with Gasteiger partial charge in [-0.3, -0.25) is 9.69 Å². The maximum absolute atomic E-state index is 13.0. The Balaban J connectivity index is 1.33. The molecule has 9 nitrogen and oxygen atoms in total. The highest BCUT2D eigenvalue weighted by molar-refractivity contribution is 7.91. The van der Waals surface area contributed by atoms with Crippen molar-refractivity contribution >= 4 is 25.8 Å². The van der Waals surface area contributed by atoms with Crippen molar-refractivity contribution in [2.45, 2.75) is 43.2 Å². The van der Waals surface area contributed by atoms with Gasteiger partial charge in [0.15, 0.2) is 9.84 Å². The molecule has 1 aliphatic carbocycles. The second kappa shape index (κ2) is 9.28. The molecule has 32 heavy (non-hydrogen) atoms. The molecule has 0 aromatic heterocycles. The average molecular weight is 486 g/mol. The minimum atomic E-state index is -3.60. The van der Waals surface area contributed by atoms with Gasteiger partial charge in [0.25, 0.3) is 0 Å². The number of piperazine rings is 1. The van der Waals surface area contributed by atoms with E-state index in [2.05, 4.69) is 0 Å². The van der Waals surface area contributed by atoms with E-state index >= 15 is 0 Å². The van der Waals surface area contributed by atoms with Crippen molar-refractivity contribution in [2.24, 2.45) is 0 Å². The molecule has 3 fully saturated rings. The fourth-order valence-corrected chi connectivity index (χ4v) is 7.61. The summed E-state index contributed by atoms with van der Waals surface area (Å²) >= 11 is 0. The van der Waals surface area contributed by atoms with E-state index in [4.69, 9.17) is 4.74 Å². The number of hydrogen-bond donors (Lipinski definition) is 0. The van der Waals surface area contributed by atoms with Crippen molar-refractivity contribution in [1.82, 2.24) is 14.1 Å². The van der Waals surface area contributed by atoms with E-state index in [9.17, 15) is 21.6 Å². The molecule has 0 spiro atoms. The van der Waals surface area contributed by atoms with Crippen LogP contribution in [0.15, 0.2) is 29.2 Å². The van der Waals surface area contributed by atoms with Gasteiger partial charge in [-0.05, 0) is 50.5 Å². The fraction of sp³-hybridized carbons (Fsp3) is 0.667. The van der Waals surface area contributed by atoms with Gasteiger partial charge < -0.3 is 9.64 Å². The van der Waals surface area contributed by atoms with Crippen molar-refractivity contribution in [1.29, 1.82) is 0 Å². The Bertz CT molecular complexity index is 1030. The number of ether oxygens (including phenoxy) is 1. The van der Waals surface area contributed by atoms with Gasteiger partial charge in [0.2, 0.25) is 15.9 Å². The van der Waals surface area contributed by atoms with E-state index in [1.807, 2.05) is 11.8 Å². The highest BCUT2D eigenvalue weighted by Crippen LogP contribution is 2.32. The molecule has 1 atom stereocenters. The predicted molar refractivity (Wildman–Crippen MR) is 120 cm³/mol. The van der Waals surface area contributed by atoms with Crippen molar-refractivity contribution < 1.29 is 26.4 Å². The smallest absolute Gasteiger partial charge is 0.243 e. The molecule has 0 bridgehead atoms. The lowest BCUT2D eigenvalue weighted by molar-refractivity contribution is -0.135. The van der Waals surface area contributed by atoms with E-state index < -0.39 is 19.9 Å². The van der Waals surface area contributed by atoms with E-state index in [1.54, 1.807) is 29.2 Å². The van der Waals surface area contributed by atoms with Crippen molar-refractivity contribution in [3.8, 4) is 5.75 Å². The van der Waals surface area contributed by atoms with E-state index in [1.165, 1.54) is 4.31 Å². The second-order valence-corrected chi connectivity index (χ2v) is 12.8. The SMILES string of the molecule is CCOc1ccc(S(=O)(=O)N2CCN(CC(=O)N(C3CC3)[C@@H]3CCS(=O)(=O)C3)CC2)cc1. The first-order valence-electron chi connectivity index (χ1n) is 11.2. The minimum Gasteiger partial charge on any atom is -0.494 e. The average Bonchev–Trinajstić information content (AvgIpc) is 3.51. The van der Waals surface area contributed by atoms with Crippen LogP contribution in [0.1, 0.15) is 26.2 Å². The molecule has 0 N–H and O–H groups in total. The maximum Gasteiger partial charge on any atom is 0.243 e. The number of nitrogens with zero attached hydrogens (tertiary/aromatic N) is 3. The summed E-state index contributed by atoms with van der Waals surface area (Å²) in [4.78, 5) is 17.0. The highest BCUT2D eigenvalue weighted by atomic mass is 32.2. The minimum absolute atomic E-state index is 0.0441. The van der Waals surface area contributed by atoms with Crippen LogP contribution in [0.2, 0.25) is 0 Å². The Kier molecular flexibility index (Phi) is 6.81. The summed E-state index contributed by atoms with van der Waals surface area (Å²) < 4.78 is 56.5. The van der Waals surface area contributed by atoms with Crippen molar-refractivity contribution in [2.75, 3.05) is 50.8 Å². The highest BCUT2D eigenvalue weighted by Gasteiger charge is 2.42. The summed E-state index contributed by atoms with van der Waals surface area (Å²) in [5.41, 5.74) is 0. The Morgan fingerprint density at radius 1 is 1.06 bits per heavy atom. The third kappa shape index (κ3) is 5.27. The molecule has 1 aromatic carbocycles. The number of carbonyl (C=O) groups is 1. The lowest BCUT2D eigenvalue weighted by atomic mass is 10.2. The molecule has 11 heteroatoms. The molecule has 0 unspecified atom stereocenters. The Morgan fingerprint density at radius 2 is 1.72 bits per heavy atom. The van der Waals surface area contributed by atoms with Crippen molar-refractivity contribution in [3.63, 3.8) is 0 Å². The molecule has 1 saturated carbocycles. The number of benzene rings is 1. The Morgan fingerprint density at radius 3 is 2.25 bits per heavy atom. The normalized spacial score (nSPS) is 24.3. The van der Waals surface area contributed by atoms with Crippen LogP contribution in [0, 0.1) is 0 Å². The third-order valence-electron chi connectivity index (χ3n) is 6.29. The number of amides is 1. The summed E-state index contributed by atoms with van der Waals surface area (Å²) in [6.45, 7) is 4.13. The largest absolute Gasteiger partial charge is 0.494 e. The van der Waals surface area contributed by atoms with E-state index in [0.717, 1.165) is 12.8 Å². The molecule has 1 aromatic rings. The number of carbonyl (C=O) groups excluding carboxylic acids is 1. The maximum atomic E-state index is 13.0. The number of sulfonamides is 1. The molecule has 0 radical (unpaired) electrons. The molecule has 4 rings (SSSR count). The zero-order valence-electron chi connectivity index (χ0n) is 18.3. The van der Waals surface area contributed by atoms with Gasteiger partial charge in [0, 0.05) is 38.3 Å². The Labute approximate surface area is 190 Å². The summed E-state index contributed by atoms with van der Waals surface area (Å²) in [5.74, 6) is 0.794. The predicted octanol–water partition coefficient (Wildman–Crippen LogP) is 0.570. The number of rotatable bonds is 8. The molecular formula is C21H31N3O6S2. The molecule has 2 heterocycles. The van der Waals surface area contributed by atoms with Crippen LogP contribution >= 0.6 is 0 Å². The zero-order chi connectivity index (χ0) is 22.9. The number of sulfone groups is 1. The van der Waals surface area contributed by atoms with Gasteiger partial charge in [-0.15, -0.1) is 0 Å². The summed E-state index contributed by atoms with van der Waals surface area (Å²) in [7, 11) is -6.66. The molecule has 178 valence electrons. The van der Waals surface area contributed by atoms with Gasteiger partial charge in [-0.25, -0.2) is 16.8 Å². The standard InChI is InChI=1S/C21H31N3O6S2/c1-2-30-19-5-7-20(8-6-19)32(28,29)23-12-10-22(11-13-23)15-21(25)24(17-3-4-17)18-9-14-31(26,27)16-18/h5-8,17-18H,2-4,9-16H2,1H3/t18-/m1/s1. The number of hydrogen-bond acceptors (Lipinski definition) is 7. The first-order chi connectivity index (χ1) is 15.2. The van der Waals surface area contributed by atoms with Crippen LogP contribution in [0.25, 0.3) is 0 Å². The third-order valence-corrected chi connectivity index (χ3v) is 9.96. The van der Waals surface area contributed by atoms with Crippen LogP contribution in [0.3, 0.4) is 0 Å². The van der Waals surface area contributed by atoms with Crippen molar-refractivity contribution in [3.05, 3.63) is 24.3 Å². The first kappa shape index (κ1) is 23.5. The van der Waals surface area contributed by atoms with E-state index in [-0.39, 0.29) is 40.9 Å².